The Hall–Kier alpha value is -2.28. The summed E-state index contributed by atoms with van der Waals surface area (Å²) in [6.07, 6.45) is -9.78. The minimum absolute atomic E-state index is 0.125. The first kappa shape index (κ1) is 38.5. The van der Waals surface area contributed by atoms with Crippen LogP contribution in [-0.4, -0.2) is 78.2 Å². The summed E-state index contributed by atoms with van der Waals surface area (Å²) < 4.78 is 79.0. The molecule has 2 aromatic heterocycles. The molecule has 11 atom stereocenters. The number of phosphoric ester groups is 2. The van der Waals surface area contributed by atoms with Gasteiger partial charge in [0.05, 0.1) is 19.3 Å². The van der Waals surface area contributed by atoms with Gasteiger partial charge in [0.2, 0.25) is 0 Å². The Labute approximate surface area is 265 Å². The number of nitrogen functional groups attached to an aromatic ring is 1. The van der Waals surface area contributed by atoms with Gasteiger partial charge in [-0.1, -0.05) is 0 Å². The van der Waals surface area contributed by atoms with Crippen LogP contribution >= 0.6 is 31.3 Å². The van der Waals surface area contributed by atoms with Crippen LogP contribution in [-0.2, 0) is 49.7 Å². The number of aromatic nitrogens is 4. The molecular weight excluding hydrogens is 746 g/mol. The number of nitrogens with zero attached hydrogens (tertiary/aromatic N) is 3. The Kier molecular flexibility index (Phi) is 11.7. The predicted octanol–water partition coefficient (Wildman–Crippen LogP) is -5.40. The molecule has 26 nitrogen and oxygen atoms in total. The van der Waals surface area contributed by atoms with Crippen molar-refractivity contribution in [3.05, 3.63) is 55.8 Å². The Morgan fingerprint density at radius 3 is 1.94 bits per heavy atom. The number of rotatable bonds is 14. The maximum absolute atomic E-state index is 12.0. The van der Waals surface area contributed by atoms with Gasteiger partial charge in [-0.3, -0.25) is 37.2 Å². The van der Waals surface area contributed by atoms with E-state index in [-0.39, 0.29) is 12.2 Å². The Bertz CT molecular complexity index is 1870. The lowest BCUT2D eigenvalue weighted by molar-refractivity contribution is -0.255. The summed E-state index contributed by atoms with van der Waals surface area (Å²) in [5.74, 6) is -0.125. The van der Waals surface area contributed by atoms with Gasteiger partial charge in [-0.05, 0) is 6.07 Å². The zero-order chi connectivity index (χ0) is 35.8. The number of aliphatic hydroxyl groups is 3. The molecule has 30 heteroatoms. The second-order valence-electron chi connectivity index (χ2n) is 9.66. The number of hydrogen-bond acceptors (Lipinski definition) is 23. The second kappa shape index (κ2) is 14.5. The number of nitrogens with two attached hydrogens (primary N) is 1. The number of nitrogens with one attached hydrogen (secondary N) is 1. The molecule has 6 N–H and O–H groups in total. The first-order valence-corrected chi connectivity index (χ1v) is 18.6. The van der Waals surface area contributed by atoms with Crippen LogP contribution in [0.2, 0.25) is 0 Å². The fourth-order valence-electron chi connectivity index (χ4n) is 4.18. The van der Waals surface area contributed by atoms with Crippen molar-refractivity contribution in [3.63, 3.8) is 0 Å². The van der Waals surface area contributed by atoms with Crippen LogP contribution in [0.15, 0.2) is 38.9 Å². The molecule has 2 fully saturated rings. The van der Waals surface area contributed by atoms with Gasteiger partial charge in [0.1, 0.15) is 36.5 Å². The number of H-pyrrole nitrogens is 1. The fraction of sp³-hybridized carbons (Fsp3) is 0.556. The van der Waals surface area contributed by atoms with Gasteiger partial charge in [0, 0.05) is 24.9 Å². The molecule has 4 unspecified atom stereocenters. The first-order valence-electron chi connectivity index (χ1n) is 12.8. The van der Waals surface area contributed by atoms with Crippen LogP contribution < -0.4 is 42.2 Å². The average molecular weight is 769 g/mol. The largest absolute Gasteiger partial charge is 0.756 e. The molecule has 0 bridgehead atoms. The highest BCUT2D eigenvalue weighted by molar-refractivity contribution is 7.68. The van der Waals surface area contributed by atoms with Crippen molar-refractivity contribution in [1.29, 1.82) is 0 Å². The van der Waals surface area contributed by atoms with Gasteiger partial charge >= 0.3 is 11.4 Å². The van der Waals surface area contributed by atoms with Crippen LogP contribution in [0.4, 0.5) is 5.82 Å². The Morgan fingerprint density at radius 2 is 1.38 bits per heavy atom. The molecular formula is C18H23N5O21P4-4. The van der Waals surface area contributed by atoms with Gasteiger partial charge in [-0.15, -0.1) is 0 Å². The lowest BCUT2D eigenvalue weighted by Gasteiger charge is -2.36. The molecule has 4 heterocycles. The van der Waals surface area contributed by atoms with E-state index in [2.05, 4.69) is 27.0 Å². The minimum atomic E-state index is -6.59. The Morgan fingerprint density at radius 1 is 0.833 bits per heavy atom. The third kappa shape index (κ3) is 9.91. The van der Waals surface area contributed by atoms with E-state index in [9.17, 15) is 67.5 Å². The summed E-state index contributed by atoms with van der Waals surface area (Å²) >= 11 is 0. The molecule has 0 aromatic carbocycles. The molecule has 48 heavy (non-hydrogen) atoms. The maximum atomic E-state index is 12.0. The smallest absolute Gasteiger partial charge is 0.351 e. The summed E-state index contributed by atoms with van der Waals surface area (Å²) in [6, 6.07) is 2.07. The summed E-state index contributed by atoms with van der Waals surface area (Å²) in [6.45, 7) is -2.44. The van der Waals surface area contributed by atoms with E-state index >= 15 is 0 Å². The highest BCUT2D eigenvalue weighted by atomic mass is 31.3. The lowest BCUT2D eigenvalue weighted by Crippen LogP contribution is -2.37. The second-order valence-corrected chi connectivity index (χ2v) is 15.7. The van der Waals surface area contributed by atoms with E-state index in [0.717, 1.165) is 16.8 Å². The summed E-state index contributed by atoms with van der Waals surface area (Å²) in [7, 11) is -25.4. The lowest BCUT2D eigenvalue weighted by atomic mass is 10.1. The number of phosphoric acid groups is 4. The molecule has 0 amide bonds. The predicted molar refractivity (Wildman–Crippen MR) is 140 cm³/mol. The number of aliphatic hydroxyl groups excluding tert-OH is 3. The van der Waals surface area contributed by atoms with Crippen molar-refractivity contribution >= 4 is 37.1 Å². The summed E-state index contributed by atoms with van der Waals surface area (Å²) in [5, 5.41) is 30.4. The SMILES string of the molecule is Nc1ccn([C@H]2C[C@H](O)[C@@H](COP(=O)([O-])OP(=O)([O-])OP(=O)([O-])OP(=O)([O-])OC[C@H]3O[C@@H](n4ccc(=O)[nH]c4=O)[C@H](O)[C@@H]3O)O2)c(=O)n1. The molecule has 270 valence electrons. The third-order valence-electron chi connectivity index (χ3n) is 6.22. The quantitative estimate of drug-likeness (QED) is 0.112. The summed E-state index contributed by atoms with van der Waals surface area (Å²) in [5.41, 5.74) is 2.58. The number of anilines is 1. The highest BCUT2D eigenvalue weighted by Crippen LogP contribution is 2.66. The molecule has 0 spiro atoms. The molecule has 0 radical (unpaired) electrons. The first-order chi connectivity index (χ1) is 22.1. The normalized spacial score (nSPS) is 31.0. The van der Waals surface area contributed by atoms with Crippen molar-refractivity contribution in [3.8, 4) is 0 Å². The van der Waals surface area contributed by atoms with E-state index in [0.29, 0.717) is 4.57 Å². The van der Waals surface area contributed by atoms with Crippen LogP contribution in [0.5, 0.6) is 0 Å². The molecule has 2 aliphatic heterocycles. The number of hydrogen-bond donors (Lipinski definition) is 5. The molecule has 0 aliphatic carbocycles. The standard InChI is InChI=1S/C18H27N5O21P4/c19-11-1-3-22(17(28)20-11)13-5-8(24)9(40-13)6-38-45(30,31)42-47(34,35)44-48(36,37)43-46(32,33)39-7-10-14(26)15(27)16(41-10)23-4-2-12(25)21-18(23)29/h1-4,8-10,13-16,24,26-27H,5-7H2,(H,30,31)(H,32,33)(H,34,35)(H,36,37)(H2,19,20,28)(H,21,25,29)/p-4/t8-,9+,10+,13+,14+,15+,16+/m0/s1. The van der Waals surface area contributed by atoms with Gasteiger partial charge in [-0.25, -0.2) is 22.5 Å². The van der Waals surface area contributed by atoms with Gasteiger partial charge in [0.25, 0.3) is 36.9 Å². The highest BCUT2D eigenvalue weighted by Gasteiger charge is 2.45. The van der Waals surface area contributed by atoms with E-state index in [1.165, 1.54) is 12.3 Å². The third-order valence-corrected chi connectivity index (χ3v) is 12.0. The fourth-order valence-corrected chi connectivity index (χ4v) is 8.93. The molecule has 0 saturated carbocycles. The van der Waals surface area contributed by atoms with Crippen LogP contribution in [0.3, 0.4) is 0 Å². The van der Waals surface area contributed by atoms with Crippen molar-refractivity contribution in [2.45, 2.75) is 49.4 Å². The van der Waals surface area contributed by atoms with Crippen molar-refractivity contribution in [1.82, 2.24) is 19.1 Å². The number of aromatic amines is 1. The van der Waals surface area contributed by atoms with E-state index in [1.54, 1.807) is 0 Å². The molecule has 2 aromatic rings. The van der Waals surface area contributed by atoms with E-state index in [1.807, 2.05) is 4.98 Å². The molecule has 2 saturated heterocycles. The van der Waals surface area contributed by atoms with Gasteiger partial charge in [0.15, 0.2) is 6.23 Å². The van der Waals surface area contributed by atoms with Crippen LogP contribution in [0.25, 0.3) is 0 Å². The zero-order valence-corrected chi connectivity index (χ0v) is 26.9. The minimum Gasteiger partial charge on any atom is -0.756 e. The van der Waals surface area contributed by atoms with Gasteiger partial charge < -0.3 is 59.1 Å². The van der Waals surface area contributed by atoms with Crippen molar-refractivity contribution in [2.75, 3.05) is 18.9 Å². The van der Waals surface area contributed by atoms with Gasteiger partial charge in [-0.2, -0.15) is 4.98 Å². The molecule has 2 aliphatic rings. The van der Waals surface area contributed by atoms with Crippen LogP contribution in [0, 0.1) is 0 Å². The summed E-state index contributed by atoms with van der Waals surface area (Å²) in [4.78, 5) is 88.4. The number of ether oxygens (including phenoxy) is 2. The molecule has 4 rings (SSSR count). The van der Waals surface area contributed by atoms with Crippen molar-refractivity contribution < 1.29 is 84.6 Å². The van der Waals surface area contributed by atoms with E-state index in [4.69, 9.17) is 15.2 Å². The van der Waals surface area contributed by atoms with E-state index < -0.39 is 104 Å². The zero-order valence-electron chi connectivity index (χ0n) is 23.4. The van der Waals surface area contributed by atoms with Crippen LogP contribution in [0.1, 0.15) is 18.9 Å². The average Bonchev–Trinajstić information content (AvgIpc) is 3.42. The topological polar surface area (TPSA) is 402 Å². The van der Waals surface area contributed by atoms with Crippen molar-refractivity contribution in [2.24, 2.45) is 0 Å². The maximum Gasteiger partial charge on any atom is 0.351 e. The Balaban J connectivity index is 1.29. The monoisotopic (exact) mass is 769 g/mol.